The van der Waals surface area contributed by atoms with Gasteiger partial charge in [0.25, 0.3) is 0 Å². The van der Waals surface area contributed by atoms with Gasteiger partial charge in [-0.2, -0.15) is 0 Å². The molecule has 138 valence electrons. The monoisotopic (exact) mass is 373 g/mol. The van der Waals surface area contributed by atoms with E-state index in [4.69, 9.17) is 11.6 Å². The Balaban J connectivity index is 1.66. The van der Waals surface area contributed by atoms with E-state index in [9.17, 15) is 9.59 Å². The van der Waals surface area contributed by atoms with Crippen LogP contribution in [0.4, 0.5) is 11.4 Å². The summed E-state index contributed by atoms with van der Waals surface area (Å²) in [5.41, 5.74) is 2.90. The van der Waals surface area contributed by atoms with Crippen LogP contribution in [0.5, 0.6) is 0 Å². The minimum atomic E-state index is -0.242. The third-order valence-corrected chi connectivity index (χ3v) is 4.15. The van der Waals surface area contributed by atoms with Gasteiger partial charge in [-0.1, -0.05) is 23.7 Å². The van der Waals surface area contributed by atoms with E-state index in [0.29, 0.717) is 17.1 Å². The van der Waals surface area contributed by atoms with Gasteiger partial charge in [-0.15, -0.1) is 0 Å². The van der Waals surface area contributed by atoms with Crippen LogP contribution in [0, 0.1) is 0 Å². The van der Waals surface area contributed by atoms with Gasteiger partial charge in [-0.25, -0.2) is 0 Å². The van der Waals surface area contributed by atoms with Crippen molar-refractivity contribution in [3.63, 3.8) is 0 Å². The molecule has 5 nitrogen and oxygen atoms in total. The Labute approximate surface area is 159 Å². The minimum absolute atomic E-state index is 0.0325. The van der Waals surface area contributed by atoms with Crippen LogP contribution in [-0.4, -0.2) is 32.5 Å². The number of rotatable bonds is 8. The maximum Gasteiger partial charge on any atom is 0.243 e. The molecule has 2 aromatic rings. The normalized spacial score (nSPS) is 10.3. The smallest absolute Gasteiger partial charge is 0.243 e. The van der Waals surface area contributed by atoms with Crippen molar-refractivity contribution in [2.24, 2.45) is 0 Å². The highest BCUT2D eigenvalue weighted by Gasteiger charge is 2.06. The summed E-state index contributed by atoms with van der Waals surface area (Å²) in [5, 5.41) is 6.12. The van der Waals surface area contributed by atoms with Crippen molar-refractivity contribution in [2.45, 2.75) is 19.3 Å². The lowest BCUT2D eigenvalue weighted by molar-refractivity contribution is -0.124. The SMILES string of the molecule is CN(C)c1ccc(NC(=O)CNC(=O)CCCc2ccc(Cl)cc2)cc1. The number of aryl methyl sites for hydroxylation is 1. The molecule has 0 heterocycles. The van der Waals surface area contributed by atoms with E-state index in [1.807, 2.05) is 67.5 Å². The Morgan fingerprint density at radius 1 is 0.962 bits per heavy atom. The molecular weight excluding hydrogens is 350 g/mol. The molecule has 0 atom stereocenters. The van der Waals surface area contributed by atoms with Crippen molar-refractivity contribution < 1.29 is 9.59 Å². The van der Waals surface area contributed by atoms with Crippen molar-refractivity contribution in [1.82, 2.24) is 5.32 Å². The van der Waals surface area contributed by atoms with Crippen molar-refractivity contribution >= 4 is 34.8 Å². The number of halogens is 1. The van der Waals surface area contributed by atoms with E-state index >= 15 is 0 Å². The molecule has 0 spiro atoms. The van der Waals surface area contributed by atoms with E-state index in [2.05, 4.69) is 10.6 Å². The zero-order chi connectivity index (χ0) is 18.9. The molecule has 0 saturated carbocycles. The van der Waals surface area contributed by atoms with Gasteiger partial charge in [-0.05, 0) is 54.8 Å². The summed E-state index contributed by atoms with van der Waals surface area (Å²) >= 11 is 5.84. The number of carbonyl (C=O) groups is 2. The molecular formula is C20H24ClN3O2. The fourth-order valence-electron chi connectivity index (χ4n) is 2.42. The Morgan fingerprint density at radius 2 is 1.62 bits per heavy atom. The first-order chi connectivity index (χ1) is 12.4. The lowest BCUT2D eigenvalue weighted by Gasteiger charge is -2.13. The highest BCUT2D eigenvalue weighted by Crippen LogP contribution is 2.15. The number of hydrogen-bond donors (Lipinski definition) is 2. The van der Waals surface area contributed by atoms with Gasteiger partial charge in [0.05, 0.1) is 6.54 Å². The average molecular weight is 374 g/mol. The topological polar surface area (TPSA) is 61.4 Å². The number of benzene rings is 2. The van der Waals surface area contributed by atoms with Crippen molar-refractivity contribution in [1.29, 1.82) is 0 Å². The summed E-state index contributed by atoms with van der Waals surface area (Å²) < 4.78 is 0. The number of carbonyl (C=O) groups excluding carboxylic acids is 2. The quantitative estimate of drug-likeness (QED) is 0.744. The van der Waals surface area contributed by atoms with Crippen LogP contribution in [0.2, 0.25) is 5.02 Å². The van der Waals surface area contributed by atoms with Crippen LogP contribution in [0.15, 0.2) is 48.5 Å². The van der Waals surface area contributed by atoms with Crippen LogP contribution in [0.3, 0.4) is 0 Å². The maximum absolute atomic E-state index is 11.9. The number of amides is 2. The largest absolute Gasteiger partial charge is 0.378 e. The standard InChI is InChI=1S/C20H24ClN3O2/c1-24(2)18-12-10-17(11-13-18)23-20(26)14-22-19(25)5-3-4-15-6-8-16(21)9-7-15/h6-13H,3-5,14H2,1-2H3,(H,22,25)(H,23,26). The molecule has 0 bridgehead atoms. The van der Waals surface area contributed by atoms with E-state index in [1.165, 1.54) is 0 Å². The van der Waals surface area contributed by atoms with Gasteiger partial charge < -0.3 is 15.5 Å². The van der Waals surface area contributed by atoms with Gasteiger partial charge in [0.1, 0.15) is 0 Å². The molecule has 0 fully saturated rings. The number of hydrogen-bond acceptors (Lipinski definition) is 3. The fraction of sp³-hybridized carbons (Fsp3) is 0.300. The van der Waals surface area contributed by atoms with E-state index in [0.717, 1.165) is 24.1 Å². The molecule has 0 aliphatic carbocycles. The van der Waals surface area contributed by atoms with Crippen molar-refractivity contribution in [2.75, 3.05) is 30.9 Å². The second kappa shape index (κ2) is 9.82. The Kier molecular flexibility index (Phi) is 7.48. The first kappa shape index (κ1) is 19.8. The first-order valence-electron chi connectivity index (χ1n) is 8.52. The Bertz CT molecular complexity index is 728. The van der Waals surface area contributed by atoms with Crippen molar-refractivity contribution in [3.05, 3.63) is 59.1 Å². The summed E-state index contributed by atoms with van der Waals surface area (Å²) in [4.78, 5) is 25.7. The molecule has 0 saturated heterocycles. The molecule has 0 radical (unpaired) electrons. The summed E-state index contributed by atoms with van der Waals surface area (Å²) in [7, 11) is 3.91. The molecule has 0 aliphatic rings. The van der Waals surface area contributed by atoms with E-state index < -0.39 is 0 Å². The lowest BCUT2D eigenvalue weighted by atomic mass is 10.1. The van der Waals surface area contributed by atoms with Crippen LogP contribution >= 0.6 is 11.6 Å². The van der Waals surface area contributed by atoms with Crippen LogP contribution in [0.1, 0.15) is 18.4 Å². The van der Waals surface area contributed by atoms with E-state index in [-0.39, 0.29) is 18.4 Å². The summed E-state index contributed by atoms with van der Waals surface area (Å²) in [5.74, 6) is -0.370. The zero-order valence-electron chi connectivity index (χ0n) is 15.1. The predicted octanol–water partition coefficient (Wildman–Crippen LogP) is 3.48. The number of nitrogens with one attached hydrogen (secondary N) is 2. The summed E-state index contributed by atoms with van der Waals surface area (Å²) in [6.07, 6.45) is 1.91. The molecule has 2 N–H and O–H groups in total. The molecule has 2 amide bonds. The summed E-state index contributed by atoms with van der Waals surface area (Å²) in [6.45, 7) is -0.0325. The van der Waals surface area contributed by atoms with Gasteiger partial charge in [0.2, 0.25) is 11.8 Å². The molecule has 26 heavy (non-hydrogen) atoms. The molecule has 2 aromatic carbocycles. The average Bonchev–Trinajstić information content (AvgIpc) is 2.62. The van der Waals surface area contributed by atoms with Gasteiger partial charge in [-0.3, -0.25) is 9.59 Å². The van der Waals surface area contributed by atoms with Gasteiger partial charge in [0, 0.05) is 36.9 Å². The fourth-order valence-corrected chi connectivity index (χ4v) is 2.55. The first-order valence-corrected chi connectivity index (χ1v) is 8.90. The second-order valence-corrected chi connectivity index (χ2v) is 6.68. The lowest BCUT2D eigenvalue weighted by Crippen LogP contribution is -2.32. The van der Waals surface area contributed by atoms with Crippen molar-refractivity contribution in [3.8, 4) is 0 Å². The molecule has 6 heteroatoms. The van der Waals surface area contributed by atoms with E-state index in [1.54, 1.807) is 0 Å². The third kappa shape index (κ3) is 6.76. The molecule has 2 rings (SSSR count). The molecule has 0 aromatic heterocycles. The van der Waals surface area contributed by atoms with Gasteiger partial charge >= 0.3 is 0 Å². The highest BCUT2D eigenvalue weighted by atomic mass is 35.5. The van der Waals surface area contributed by atoms with Crippen LogP contribution < -0.4 is 15.5 Å². The second-order valence-electron chi connectivity index (χ2n) is 6.25. The maximum atomic E-state index is 11.9. The number of anilines is 2. The third-order valence-electron chi connectivity index (χ3n) is 3.90. The Hall–Kier alpha value is -2.53. The highest BCUT2D eigenvalue weighted by molar-refractivity contribution is 6.30. The minimum Gasteiger partial charge on any atom is -0.378 e. The van der Waals surface area contributed by atoms with Crippen LogP contribution in [-0.2, 0) is 16.0 Å². The van der Waals surface area contributed by atoms with Gasteiger partial charge in [0.15, 0.2) is 0 Å². The Morgan fingerprint density at radius 3 is 2.23 bits per heavy atom. The summed E-state index contributed by atoms with van der Waals surface area (Å²) in [6, 6.07) is 15.1. The zero-order valence-corrected chi connectivity index (χ0v) is 15.8. The van der Waals surface area contributed by atoms with Crippen LogP contribution in [0.25, 0.3) is 0 Å². The molecule has 0 aliphatic heterocycles. The predicted molar refractivity (Wildman–Crippen MR) is 107 cm³/mol. The molecule has 0 unspecified atom stereocenters. The number of nitrogens with zero attached hydrogens (tertiary/aromatic N) is 1.